The van der Waals surface area contributed by atoms with Gasteiger partial charge in [0.1, 0.15) is 11.4 Å². The molecule has 1 fully saturated rings. The van der Waals surface area contributed by atoms with Crippen molar-refractivity contribution in [2.24, 2.45) is 5.92 Å². The number of aromatic nitrogens is 2. The van der Waals surface area contributed by atoms with E-state index < -0.39 is 17.8 Å². The maximum absolute atomic E-state index is 13.6. The van der Waals surface area contributed by atoms with Crippen molar-refractivity contribution >= 4 is 35.0 Å². The Balaban J connectivity index is 1.48. The molecule has 1 aromatic heterocycles. The largest absolute Gasteiger partial charge is 0.421 e. The zero-order chi connectivity index (χ0) is 24.5. The topological polar surface area (TPSA) is 108 Å². The summed E-state index contributed by atoms with van der Waals surface area (Å²) in [6, 6.07) is 5.10. The van der Waals surface area contributed by atoms with Crippen molar-refractivity contribution in [3.05, 3.63) is 35.5 Å². The Hall–Kier alpha value is -3.41. The molecule has 4 rings (SSSR count). The number of carbonyl (C=O) groups is 2. The number of nitrogens with one attached hydrogen (secondary N) is 3. The number of ether oxygens (including phenoxy) is 1. The summed E-state index contributed by atoms with van der Waals surface area (Å²) >= 11 is 0. The maximum atomic E-state index is 13.6. The van der Waals surface area contributed by atoms with Crippen LogP contribution < -0.4 is 16.0 Å². The highest BCUT2D eigenvalue weighted by molar-refractivity contribution is 5.99. The summed E-state index contributed by atoms with van der Waals surface area (Å²) in [5, 5.41) is 8.33. The molecule has 1 unspecified atom stereocenters. The molecule has 0 spiro atoms. The van der Waals surface area contributed by atoms with Crippen LogP contribution >= 0.6 is 0 Å². The molecule has 1 aromatic carbocycles. The lowest BCUT2D eigenvalue weighted by molar-refractivity contribution is -0.141. The number of nitrogens with zero attached hydrogens (tertiary/aromatic N) is 3. The van der Waals surface area contributed by atoms with Crippen molar-refractivity contribution in [1.29, 1.82) is 0 Å². The van der Waals surface area contributed by atoms with Gasteiger partial charge in [-0.25, -0.2) is 4.98 Å². The first-order valence-corrected chi connectivity index (χ1v) is 10.9. The summed E-state index contributed by atoms with van der Waals surface area (Å²) in [7, 11) is 0. The number of hydrogen-bond donors (Lipinski definition) is 3. The summed E-state index contributed by atoms with van der Waals surface area (Å²) in [4.78, 5) is 33.3. The quantitative estimate of drug-likeness (QED) is 0.586. The van der Waals surface area contributed by atoms with Gasteiger partial charge in [0.15, 0.2) is 0 Å². The fourth-order valence-electron chi connectivity index (χ4n) is 3.84. The molecule has 182 valence electrons. The van der Waals surface area contributed by atoms with Crippen LogP contribution in [0.2, 0.25) is 0 Å². The lowest BCUT2D eigenvalue weighted by atomic mass is 10.1. The van der Waals surface area contributed by atoms with E-state index in [9.17, 15) is 22.8 Å². The first kappa shape index (κ1) is 23.7. The van der Waals surface area contributed by atoms with E-state index >= 15 is 0 Å². The Morgan fingerprint density at radius 3 is 2.88 bits per heavy atom. The van der Waals surface area contributed by atoms with Gasteiger partial charge in [-0.3, -0.25) is 9.59 Å². The summed E-state index contributed by atoms with van der Waals surface area (Å²) in [6.45, 7) is 4.67. The normalized spacial score (nSPS) is 18.0. The van der Waals surface area contributed by atoms with Crippen LogP contribution in [0.5, 0.6) is 0 Å². The van der Waals surface area contributed by atoms with E-state index in [-0.39, 0.29) is 49.0 Å². The molecule has 9 nitrogen and oxygen atoms in total. The Morgan fingerprint density at radius 1 is 1.35 bits per heavy atom. The molecule has 1 atom stereocenters. The van der Waals surface area contributed by atoms with Gasteiger partial charge in [0.05, 0.1) is 19.1 Å². The predicted molar refractivity (Wildman–Crippen MR) is 119 cm³/mol. The van der Waals surface area contributed by atoms with E-state index in [1.54, 1.807) is 36.9 Å². The number of morpholine rings is 1. The van der Waals surface area contributed by atoms with E-state index in [1.807, 2.05) is 0 Å². The van der Waals surface area contributed by atoms with Crippen LogP contribution in [0.1, 0.15) is 25.0 Å². The predicted octanol–water partition coefficient (Wildman–Crippen LogP) is 3.03. The van der Waals surface area contributed by atoms with Crippen molar-refractivity contribution in [2.75, 3.05) is 42.2 Å². The molecule has 2 aliphatic rings. The third kappa shape index (κ3) is 5.38. The molecule has 0 saturated carbocycles. The second-order valence-electron chi connectivity index (χ2n) is 8.49. The average molecular weight is 478 g/mol. The summed E-state index contributed by atoms with van der Waals surface area (Å²) in [6.07, 6.45) is -4.20. The standard InChI is InChI=1S/C22H25F3N6O3/c1-12(2)20(33)31-5-6-34-15(11-31)9-26-19-16(22(23,24)25)10-27-21(30-19)28-14-3-4-17-13(7-14)8-18(32)29-17/h3-4,7,10,12,15H,5-6,8-9,11H2,1-2H3,(H,29,32)(H2,26,27,28,30). The van der Waals surface area contributed by atoms with Crippen LogP contribution in [0.3, 0.4) is 0 Å². The third-order valence-corrected chi connectivity index (χ3v) is 5.52. The highest BCUT2D eigenvalue weighted by Gasteiger charge is 2.36. The zero-order valence-electron chi connectivity index (χ0n) is 18.7. The van der Waals surface area contributed by atoms with Crippen LogP contribution in [-0.2, 0) is 26.9 Å². The molecular weight excluding hydrogens is 453 g/mol. The number of anilines is 4. The molecule has 3 N–H and O–H groups in total. The van der Waals surface area contributed by atoms with E-state index in [0.717, 1.165) is 5.56 Å². The SMILES string of the molecule is CC(C)C(=O)N1CCOC(CNc2nc(Nc3ccc4c(c3)CC(=O)N4)ncc2C(F)(F)F)C1. The zero-order valence-corrected chi connectivity index (χ0v) is 18.7. The second kappa shape index (κ2) is 9.45. The number of hydrogen-bond acceptors (Lipinski definition) is 7. The Morgan fingerprint density at radius 2 is 2.15 bits per heavy atom. The molecule has 12 heteroatoms. The van der Waals surface area contributed by atoms with Gasteiger partial charge >= 0.3 is 6.18 Å². The number of alkyl halides is 3. The molecule has 2 amide bonds. The van der Waals surface area contributed by atoms with Gasteiger partial charge in [0, 0.05) is 43.1 Å². The molecule has 34 heavy (non-hydrogen) atoms. The number of amides is 2. The van der Waals surface area contributed by atoms with Crippen LogP contribution in [0, 0.1) is 5.92 Å². The van der Waals surface area contributed by atoms with Gasteiger partial charge in [-0.15, -0.1) is 0 Å². The lowest BCUT2D eigenvalue weighted by Gasteiger charge is -2.34. The van der Waals surface area contributed by atoms with Crippen molar-refractivity contribution in [3.8, 4) is 0 Å². The highest BCUT2D eigenvalue weighted by Crippen LogP contribution is 2.34. The Bertz CT molecular complexity index is 1090. The molecule has 1 saturated heterocycles. The Kier molecular flexibility index (Phi) is 6.60. The second-order valence-corrected chi connectivity index (χ2v) is 8.49. The molecule has 3 heterocycles. The van der Waals surface area contributed by atoms with E-state index in [2.05, 4.69) is 25.9 Å². The van der Waals surface area contributed by atoms with Crippen molar-refractivity contribution in [2.45, 2.75) is 32.5 Å². The first-order chi connectivity index (χ1) is 16.1. The number of rotatable bonds is 6. The fraction of sp³-hybridized carbons (Fsp3) is 0.455. The summed E-state index contributed by atoms with van der Waals surface area (Å²) in [5.74, 6) is -0.743. The van der Waals surface area contributed by atoms with Crippen LogP contribution in [0.25, 0.3) is 0 Å². The minimum Gasteiger partial charge on any atom is -0.373 e. The molecule has 2 aromatic rings. The third-order valence-electron chi connectivity index (χ3n) is 5.52. The smallest absolute Gasteiger partial charge is 0.373 e. The number of halogens is 3. The minimum absolute atomic E-state index is 0.0240. The van der Waals surface area contributed by atoms with Gasteiger partial charge in [0.2, 0.25) is 17.8 Å². The Labute approximate surface area is 194 Å². The lowest BCUT2D eigenvalue weighted by Crippen LogP contribution is -2.49. The van der Waals surface area contributed by atoms with Gasteiger partial charge in [-0.1, -0.05) is 13.8 Å². The van der Waals surface area contributed by atoms with Gasteiger partial charge < -0.3 is 25.6 Å². The minimum atomic E-state index is -4.66. The molecule has 0 aliphatic carbocycles. The van der Waals surface area contributed by atoms with E-state index in [4.69, 9.17) is 4.74 Å². The molecular formula is C22H25F3N6O3. The van der Waals surface area contributed by atoms with Crippen LogP contribution in [0.4, 0.5) is 36.3 Å². The van der Waals surface area contributed by atoms with Gasteiger partial charge in [-0.2, -0.15) is 18.2 Å². The molecule has 0 radical (unpaired) electrons. The number of fused-ring (bicyclic) bond motifs is 1. The number of benzene rings is 1. The van der Waals surface area contributed by atoms with Crippen LogP contribution in [-0.4, -0.2) is 59.0 Å². The maximum Gasteiger partial charge on any atom is 0.421 e. The van der Waals surface area contributed by atoms with E-state index in [0.29, 0.717) is 30.7 Å². The van der Waals surface area contributed by atoms with Crippen LogP contribution in [0.15, 0.2) is 24.4 Å². The summed E-state index contributed by atoms with van der Waals surface area (Å²) < 4.78 is 46.3. The first-order valence-electron chi connectivity index (χ1n) is 10.9. The number of carbonyl (C=O) groups excluding carboxylic acids is 2. The fourth-order valence-corrected chi connectivity index (χ4v) is 3.84. The van der Waals surface area contributed by atoms with Crippen molar-refractivity contribution in [1.82, 2.24) is 14.9 Å². The van der Waals surface area contributed by atoms with Crippen molar-refractivity contribution in [3.63, 3.8) is 0 Å². The van der Waals surface area contributed by atoms with Crippen molar-refractivity contribution < 1.29 is 27.5 Å². The van der Waals surface area contributed by atoms with Gasteiger partial charge in [-0.05, 0) is 23.8 Å². The molecule has 0 bridgehead atoms. The van der Waals surface area contributed by atoms with Gasteiger partial charge in [0.25, 0.3) is 0 Å². The highest BCUT2D eigenvalue weighted by atomic mass is 19.4. The summed E-state index contributed by atoms with van der Waals surface area (Å²) in [5.41, 5.74) is 1.01. The average Bonchev–Trinajstić information content (AvgIpc) is 3.16. The molecule has 2 aliphatic heterocycles. The van der Waals surface area contributed by atoms with E-state index in [1.165, 1.54) is 0 Å². The monoisotopic (exact) mass is 478 g/mol.